The zero-order valence-electron chi connectivity index (χ0n) is 21.9. The predicted octanol–water partition coefficient (Wildman–Crippen LogP) is 5.61. The molecule has 0 radical (unpaired) electrons. The SMILES string of the molecule is COCCC(Cc1ccc(O)cc1)NC(=O)c1cc(C(=O)O)c2cc(OCc3ccc(C(F)(F)F)cc3)ccc2n1. The van der Waals surface area contributed by atoms with Gasteiger partial charge in [0.2, 0.25) is 0 Å². The minimum Gasteiger partial charge on any atom is -0.508 e. The van der Waals surface area contributed by atoms with Crippen LogP contribution in [0.2, 0.25) is 0 Å². The fourth-order valence-electron chi connectivity index (χ4n) is 4.21. The Morgan fingerprint density at radius 3 is 2.29 bits per heavy atom. The van der Waals surface area contributed by atoms with E-state index in [1.807, 2.05) is 0 Å². The molecule has 214 valence electrons. The van der Waals surface area contributed by atoms with Crippen LogP contribution >= 0.6 is 0 Å². The Hall–Kier alpha value is -4.64. The number of carboxylic acids is 1. The standard InChI is InChI=1S/C30H27F3N2O6/c1-40-13-12-21(14-18-4-8-22(36)9-5-18)34-28(37)27-16-25(29(38)39)24-15-23(10-11-26(24)35-27)41-17-19-2-6-20(7-3-19)30(31,32)33/h2-11,15-16,21,36H,12-14,17H2,1H3,(H,34,37)(H,38,39). The molecule has 0 aliphatic carbocycles. The van der Waals surface area contributed by atoms with Crippen LogP contribution in [0.5, 0.6) is 11.5 Å². The van der Waals surface area contributed by atoms with Crippen LogP contribution in [0, 0.1) is 0 Å². The average molecular weight is 569 g/mol. The molecule has 1 aromatic heterocycles. The van der Waals surface area contributed by atoms with Crippen molar-refractivity contribution in [2.75, 3.05) is 13.7 Å². The molecule has 0 aliphatic heterocycles. The summed E-state index contributed by atoms with van der Waals surface area (Å²) in [5.74, 6) is -1.42. The van der Waals surface area contributed by atoms with Gasteiger partial charge < -0.3 is 25.0 Å². The van der Waals surface area contributed by atoms with Crippen molar-refractivity contribution in [3.05, 3.63) is 101 Å². The van der Waals surface area contributed by atoms with Crippen LogP contribution in [-0.2, 0) is 23.9 Å². The molecular weight excluding hydrogens is 541 g/mol. The van der Waals surface area contributed by atoms with E-state index in [0.717, 1.165) is 17.7 Å². The Kier molecular flexibility index (Phi) is 9.08. The summed E-state index contributed by atoms with van der Waals surface area (Å²) in [4.78, 5) is 29.6. The summed E-state index contributed by atoms with van der Waals surface area (Å²) >= 11 is 0. The second kappa shape index (κ2) is 12.7. The van der Waals surface area contributed by atoms with E-state index in [4.69, 9.17) is 9.47 Å². The van der Waals surface area contributed by atoms with Crippen molar-refractivity contribution in [1.82, 2.24) is 10.3 Å². The second-order valence-corrected chi connectivity index (χ2v) is 9.34. The van der Waals surface area contributed by atoms with Gasteiger partial charge in [0.1, 0.15) is 23.8 Å². The van der Waals surface area contributed by atoms with Gasteiger partial charge in [0.05, 0.1) is 16.6 Å². The topological polar surface area (TPSA) is 118 Å². The molecular formula is C30H27F3N2O6. The van der Waals surface area contributed by atoms with E-state index in [9.17, 15) is 33.0 Å². The number of carbonyl (C=O) groups is 2. The van der Waals surface area contributed by atoms with E-state index in [1.165, 1.54) is 30.3 Å². The zero-order chi connectivity index (χ0) is 29.6. The van der Waals surface area contributed by atoms with E-state index >= 15 is 0 Å². The molecule has 1 atom stereocenters. The third-order valence-electron chi connectivity index (χ3n) is 6.35. The molecule has 41 heavy (non-hydrogen) atoms. The second-order valence-electron chi connectivity index (χ2n) is 9.34. The van der Waals surface area contributed by atoms with Crippen LogP contribution in [0.15, 0.2) is 72.8 Å². The number of amides is 1. The molecule has 0 spiro atoms. The molecule has 11 heteroatoms. The molecule has 3 aromatic carbocycles. The average Bonchev–Trinajstić information content (AvgIpc) is 2.94. The first-order chi connectivity index (χ1) is 19.5. The van der Waals surface area contributed by atoms with Crippen molar-refractivity contribution < 1.29 is 42.4 Å². The van der Waals surface area contributed by atoms with Gasteiger partial charge in [-0.15, -0.1) is 0 Å². The summed E-state index contributed by atoms with van der Waals surface area (Å²) in [6.07, 6.45) is -3.50. The van der Waals surface area contributed by atoms with Gasteiger partial charge in [0.15, 0.2) is 0 Å². The van der Waals surface area contributed by atoms with Crippen LogP contribution in [0.1, 0.15) is 44.0 Å². The van der Waals surface area contributed by atoms with Crippen LogP contribution in [0.4, 0.5) is 13.2 Å². The highest BCUT2D eigenvalue weighted by molar-refractivity contribution is 6.06. The Bertz CT molecular complexity index is 1520. The van der Waals surface area contributed by atoms with Crippen molar-refractivity contribution in [3.63, 3.8) is 0 Å². The Morgan fingerprint density at radius 1 is 0.976 bits per heavy atom. The van der Waals surface area contributed by atoms with Gasteiger partial charge in [-0.3, -0.25) is 4.79 Å². The zero-order valence-corrected chi connectivity index (χ0v) is 21.9. The number of carboxylic acid groups (broad SMARTS) is 1. The lowest BCUT2D eigenvalue weighted by Gasteiger charge is -2.19. The monoisotopic (exact) mass is 568 g/mol. The number of ether oxygens (including phenoxy) is 2. The number of aromatic nitrogens is 1. The first-order valence-electron chi connectivity index (χ1n) is 12.6. The Labute approximate surface area is 233 Å². The number of pyridine rings is 1. The summed E-state index contributed by atoms with van der Waals surface area (Å²) in [6, 6.07) is 16.5. The molecule has 0 bridgehead atoms. The maximum atomic E-state index is 13.2. The number of aromatic hydroxyl groups is 1. The summed E-state index contributed by atoms with van der Waals surface area (Å²) in [5, 5.41) is 22.5. The van der Waals surface area contributed by atoms with Gasteiger partial charge in [-0.1, -0.05) is 24.3 Å². The van der Waals surface area contributed by atoms with Gasteiger partial charge in [0, 0.05) is 25.1 Å². The summed E-state index contributed by atoms with van der Waals surface area (Å²) in [5.41, 5.74) is 0.620. The first kappa shape index (κ1) is 29.3. The highest BCUT2D eigenvalue weighted by Crippen LogP contribution is 2.30. The number of hydrogen-bond acceptors (Lipinski definition) is 6. The fourth-order valence-corrected chi connectivity index (χ4v) is 4.21. The first-order valence-corrected chi connectivity index (χ1v) is 12.6. The van der Waals surface area contributed by atoms with Crippen molar-refractivity contribution >= 4 is 22.8 Å². The molecule has 0 saturated carbocycles. The van der Waals surface area contributed by atoms with Crippen molar-refractivity contribution in [2.45, 2.75) is 31.7 Å². The minimum atomic E-state index is -4.44. The fraction of sp³-hybridized carbons (Fsp3) is 0.233. The lowest BCUT2D eigenvalue weighted by molar-refractivity contribution is -0.137. The number of aromatic carboxylic acids is 1. The number of rotatable bonds is 11. The number of nitrogens with zero attached hydrogens (tertiary/aromatic N) is 1. The predicted molar refractivity (Wildman–Crippen MR) is 144 cm³/mol. The molecule has 8 nitrogen and oxygen atoms in total. The van der Waals surface area contributed by atoms with Gasteiger partial charge in [0.25, 0.3) is 5.91 Å². The number of alkyl halides is 3. The number of benzene rings is 3. The quantitative estimate of drug-likeness (QED) is 0.215. The van der Waals surface area contributed by atoms with Crippen LogP contribution in [-0.4, -0.2) is 46.8 Å². The molecule has 4 rings (SSSR count). The van der Waals surface area contributed by atoms with Gasteiger partial charge >= 0.3 is 12.1 Å². The third kappa shape index (κ3) is 7.73. The molecule has 3 N–H and O–H groups in total. The van der Waals surface area contributed by atoms with E-state index in [0.29, 0.717) is 25.0 Å². The maximum Gasteiger partial charge on any atom is 0.416 e. The number of methoxy groups -OCH3 is 1. The number of hydrogen-bond donors (Lipinski definition) is 3. The highest BCUT2D eigenvalue weighted by atomic mass is 19.4. The molecule has 1 heterocycles. The number of nitrogens with one attached hydrogen (secondary N) is 1. The van der Waals surface area contributed by atoms with Crippen LogP contribution in [0.3, 0.4) is 0 Å². The summed E-state index contributed by atoms with van der Waals surface area (Å²) in [6.45, 7) is 0.341. The van der Waals surface area contributed by atoms with Gasteiger partial charge in [-0.2, -0.15) is 13.2 Å². The Morgan fingerprint density at radius 2 is 1.66 bits per heavy atom. The number of phenolic OH excluding ortho intramolecular Hbond substituents is 1. The lowest BCUT2D eigenvalue weighted by Crippen LogP contribution is -2.37. The third-order valence-corrected chi connectivity index (χ3v) is 6.35. The molecule has 0 aliphatic rings. The van der Waals surface area contributed by atoms with Crippen molar-refractivity contribution in [2.24, 2.45) is 0 Å². The number of fused-ring (bicyclic) bond motifs is 1. The lowest BCUT2D eigenvalue weighted by atomic mass is 10.0. The van der Waals surface area contributed by atoms with Gasteiger partial charge in [-0.25, -0.2) is 9.78 Å². The van der Waals surface area contributed by atoms with E-state index < -0.39 is 23.6 Å². The summed E-state index contributed by atoms with van der Waals surface area (Å²) in [7, 11) is 1.55. The van der Waals surface area contributed by atoms with Crippen LogP contribution < -0.4 is 10.1 Å². The largest absolute Gasteiger partial charge is 0.508 e. The minimum absolute atomic E-state index is 0.0378. The van der Waals surface area contributed by atoms with Crippen molar-refractivity contribution in [1.29, 1.82) is 0 Å². The molecule has 0 fully saturated rings. The smallest absolute Gasteiger partial charge is 0.416 e. The maximum absolute atomic E-state index is 13.2. The van der Waals surface area contributed by atoms with Gasteiger partial charge in [-0.05, 0) is 72.5 Å². The molecule has 4 aromatic rings. The van der Waals surface area contributed by atoms with E-state index in [1.54, 1.807) is 37.4 Å². The number of phenols is 1. The number of carbonyl (C=O) groups excluding carboxylic acids is 1. The van der Waals surface area contributed by atoms with Crippen molar-refractivity contribution in [3.8, 4) is 11.5 Å². The molecule has 1 unspecified atom stereocenters. The van der Waals surface area contributed by atoms with E-state index in [-0.39, 0.29) is 46.3 Å². The van der Waals surface area contributed by atoms with E-state index in [2.05, 4.69) is 10.3 Å². The normalized spacial score (nSPS) is 12.2. The molecule has 0 saturated heterocycles. The summed E-state index contributed by atoms with van der Waals surface area (Å²) < 4.78 is 49.2. The van der Waals surface area contributed by atoms with Crippen LogP contribution in [0.25, 0.3) is 10.9 Å². The number of halogens is 3. The highest BCUT2D eigenvalue weighted by Gasteiger charge is 2.30. The molecule has 1 amide bonds. The Balaban J connectivity index is 1.52.